The molecule has 0 atom stereocenters. The van der Waals surface area contributed by atoms with Crippen LogP contribution in [0.2, 0.25) is 15.2 Å². The van der Waals surface area contributed by atoms with Gasteiger partial charge in [-0.1, -0.05) is 34.8 Å². The maximum Gasteiger partial charge on any atom is 0.264 e. The third-order valence-corrected chi connectivity index (χ3v) is 4.79. The average molecular weight is 354 g/mol. The second-order valence-electron chi connectivity index (χ2n) is 3.62. The lowest BCUT2D eigenvalue weighted by Crippen LogP contribution is -2.15. The van der Waals surface area contributed by atoms with Crippen LogP contribution in [0.3, 0.4) is 0 Å². The number of nitrogens with one attached hydrogen (secondary N) is 1. The zero-order valence-electron chi connectivity index (χ0n) is 9.64. The zero-order valence-corrected chi connectivity index (χ0v) is 12.7. The van der Waals surface area contributed by atoms with Crippen molar-refractivity contribution in [2.75, 3.05) is 10.5 Å². The molecule has 0 spiro atoms. The average Bonchev–Trinajstić information content (AvgIpc) is 2.34. The van der Waals surface area contributed by atoms with E-state index >= 15 is 0 Å². The Labute approximate surface area is 129 Å². The van der Waals surface area contributed by atoms with Crippen molar-refractivity contribution in [3.8, 4) is 0 Å². The van der Waals surface area contributed by atoms with Crippen molar-refractivity contribution < 1.29 is 8.42 Å². The maximum absolute atomic E-state index is 12.2. The van der Waals surface area contributed by atoms with Gasteiger partial charge >= 0.3 is 0 Å². The summed E-state index contributed by atoms with van der Waals surface area (Å²) in [6.07, 6.45) is 1.08. The van der Waals surface area contributed by atoms with Gasteiger partial charge in [-0.15, -0.1) is 0 Å². The normalized spacial score (nSPS) is 11.3. The van der Waals surface area contributed by atoms with E-state index in [1.54, 1.807) is 0 Å². The van der Waals surface area contributed by atoms with Gasteiger partial charge in [0.05, 0.1) is 5.02 Å². The number of hydrogen-bond donors (Lipinski definition) is 2. The zero-order chi connectivity index (χ0) is 14.9. The number of sulfonamides is 1. The minimum atomic E-state index is -3.97. The van der Waals surface area contributed by atoms with Crippen LogP contribution in [0.15, 0.2) is 29.4 Å². The molecule has 1 aromatic carbocycles. The number of halogens is 3. The first-order chi connectivity index (χ1) is 9.31. The largest absolute Gasteiger partial charge is 0.399 e. The van der Waals surface area contributed by atoms with Crippen molar-refractivity contribution in [1.82, 2.24) is 9.97 Å². The van der Waals surface area contributed by atoms with E-state index in [4.69, 9.17) is 40.5 Å². The molecular formula is C10H7Cl3N4O2S. The fourth-order valence-corrected chi connectivity index (χ4v) is 3.25. The smallest absolute Gasteiger partial charge is 0.264 e. The minimum absolute atomic E-state index is 0.0197. The first-order valence-electron chi connectivity index (χ1n) is 5.05. The molecule has 2 aromatic rings. The number of rotatable bonds is 3. The Hall–Kier alpha value is -1.28. The standard InChI is InChI=1S/C10H7Cl3N4O2S/c11-6-3-5(14)1-2-7(6)20(18,19)17-10-8(12)9(13)15-4-16-10/h1-4H,14H2,(H,15,16,17). The van der Waals surface area contributed by atoms with Crippen molar-refractivity contribution >= 4 is 56.3 Å². The first-order valence-corrected chi connectivity index (χ1v) is 7.67. The molecule has 0 aliphatic rings. The Morgan fingerprint density at radius 3 is 2.50 bits per heavy atom. The molecule has 0 saturated heterocycles. The predicted octanol–water partition coefficient (Wildman–Crippen LogP) is 2.82. The van der Waals surface area contributed by atoms with Crippen molar-refractivity contribution in [1.29, 1.82) is 0 Å². The highest BCUT2D eigenvalue weighted by atomic mass is 35.5. The van der Waals surface area contributed by atoms with Crippen LogP contribution in [0.5, 0.6) is 0 Å². The molecule has 2 rings (SSSR count). The lowest BCUT2D eigenvalue weighted by atomic mass is 10.3. The highest BCUT2D eigenvalue weighted by molar-refractivity contribution is 7.92. The van der Waals surface area contributed by atoms with Crippen LogP contribution in [0.25, 0.3) is 0 Å². The van der Waals surface area contributed by atoms with Crippen LogP contribution in [-0.2, 0) is 10.0 Å². The summed E-state index contributed by atoms with van der Waals surface area (Å²) in [5, 5.41) is -0.194. The minimum Gasteiger partial charge on any atom is -0.399 e. The van der Waals surface area contributed by atoms with Crippen molar-refractivity contribution in [2.24, 2.45) is 0 Å². The van der Waals surface area contributed by atoms with Gasteiger partial charge in [-0.25, -0.2) is 18.4 Å². The maximum atomic E-state index is 12.2. The predicted molar refractivity (Wildman–Crippen MR) is 78.7 cm³/mol. The third-order valence-electron chi connectivity index (χ3n) is 2.22. The van der Waals surface area contributed by atoms with Gasteiger partial charge in [-0.2, -0.15) is 0 Å². The molecule has 0 unspecified atom stereocenters. The summed E-state index contributed by atoms with van der Waals surface area (Å²) < 4.78 is 26.6. The van der Waals surface area contributed by atoms with Gasteiger partial charge in [0, 0.05) is 5.69 Å². The molecule has 0 fully saturated rings. The van der Waals surface area contributed by atoms with Crippen LogP contribution < -0.4 is 10.5 Å². The molecule has 0 aliphatic heterocycles. The van der Waals surface area contributed by atoms with E-state index in [0.29, 0.717) is 5.69 Å². The Bertz CT molecular complexity index is 767. The van der Waals surface area contributed by atoms with E-state index in [1.807, 2.05) is 0 Å². The summed E-state index contributed by atoms with van der Waals surface area (Å²) in [6, 6.07) is 4.01. The molecule has 1 heterocycles. The van der Waals surface area contributed by atoms with Gasteiger partial charge in [0.15, 0.2) is 11.0 Å². The van der Waals surface area contributed by atoms with E-state index < -0.39 is 10.0 Å². The second-order valence-corrected chi connectivity index (χ2v) is 6.42. The van der Waals surface area contributed by atoms with Crippen molar-refractivity contribution in [3.05, 3.63) is 39.7 Å². The summed E-state index contributed by atoms with van der Waals surface area (Å²) in [5.74, 6) is -0.139. The Kier molecular flexibility index (Phi) is 4.24. The van der Waals surface area contributed by atoms with Crippen LogP contribution in [0.1, 0.15) is 0 Å². The molecule has 0 aliphatic carbocycles. The number of nitrogens with zero attached hydrogens (tertiary/aromatic N) is 2. The number of aromatic nitrogens is 2. The molecule has 3 N–H and O–H groups in total. The monoisotopic (exact) mass is 352 g/mol. The fraction of sp³-hybridized carbons (Fsp3) is 0. The van der Waals surface area contributed by atoms with E-state index in [2.05, 4.69) is 14.7 Å². The molecule has 106 valence electrons. The van der Waals surface area contributed by atoms with E-state index in [1.165, 1.54) is 18.2 Å². The van der Waals surface area contributed by atoms with E-state index in [-0.39, 0.29) is 25.9 Å². The van der Waals surface area contributed by atoms with Crippen LogP contribution in [0.4, 0.5) is 11.5 Å². The quantitative estimate of drug-likeness (QED) is 0.653. The van der Waals surface area contributed by atoms with Gasteiger partial charge in [0.25, 0.3) is 10.0 Å². The Morgan fingerprint density at radius 1 is 1.15 bits per heavy atom. The molecule has 0 saturated carbocycles. The highest BCUT2D eigenvalue weighted by Crippen LogP contribution is 2.29. The summed E-state index contributed by atoms with van der Waals surface area (Å²) in [7, 11) is -3.97. The molecule has 1 aromatic heterocycles. The number of hydrogen-bond acceptors (Lipinski definition) is 5. The fourth-order valence-electron chi connectivity index (χ4n) is 1.34. The number of nitrogen functional groups attached to an aromatic ring is 1. The number of benzene rings is 1. The van der Waals surface area contributed by atoms with Crippen LogP contribution >= 0.6 is 34.8 Å². The number of nitrogens with two attached hydrogens (primary N) is 1. The van der Waals surface area contributed by atoms with E-state index in [9.17, 15) is 8.42 Å². The van der Waals surface area contributed by atoms with Crippen molar-refractivity contribution in [3.63, 3.8) is 0 Å². The Morgan fingerprint density at radius 2 is 1.85 bits per heavy atom. The van der Waals surface area contributed by atoms with Gasteiger partial charge < -0.3 is 5.73 Å². The van der Waals surface area contributed by atoms with Gasteiger partial charge in [-0.3, -0.25) is 4.72 Å². The molecule has 0 bridgehead atoms. The summed E-state index contributed by atoms with van der Waals surface area (Å²) >= 11 is 17.4. The summed E-state index contributed by atoms with van der Waals surface area (Å²) in [5.41, 5.74) is 5.85. The van der Waals surface area contributed by atoms with E-state index in [0.717, 1.165) is 6.33 Å². The molecule has 6 nitrogen and oxygen atoms in total. The highest BCUT2D eigenvalue weighted by Gasteiger charge is 2.21. The number of anilines is 2. The SMILES string of the molecule is Nc1ccc(S(=O)(=O)Nc2ncnc(Cl)c2Cl)c(Cl)c1. The summed E-state index contributed by atoms with van der Waals surface area (Å²) in [4.78, 5) is 7.17. The molecule has 0 radical (unpaired) electrons. The lowest BCUT2D eigenvalue weighted by molar-refractivity contribution is 0.601. The third kappa shape index (κ3) is 3.06. The second kappa shape index (κ2) is 5.61. The molecular weight excluding hydrogens is 347 g/mol. The van der Waals surface area contributed by atoms with Crippen LogP contribution in [-0.4, -0.2) is 18.4 Å². The molecule has 20 heavy (non-hydrogen) atoms. The topological polar surface area (TPSA) is 98.0 Å². The Balaban J connectivity index is 2.44. The lowest BCUT2D eigenvalue weighted by Gasteiger charge is -2.10. The van der Waals surface area contributed by atoms with Crippen LogP contribution in [0, 0.1) is 0 Å². The van der Waals surface area contributed by atoms with Crippen molar-refractivity contribution in [2.45, 2.75) is 4.90 Å². The first kappa shape index (κ1) is 15.1. The summed E-state index contributed by atoms with van der Waals surface area (Å²) in [6.45, 7) is 0. The molecule has 0 amide bonds. The van der Waals surface area contributed by atoms with Gasteiger partial charge in [-0.05, 0) is 18.2 Å². The van der Waals surface area contributed by atoms with Gasteiger partial charge in [0.2, 0.25) is 0 Å². The molecule has 10 heteroatoms. The van der Waals surface area contributed by atoms with Gasteiger partial charge in [0.1, 0.15) is 16.2 Å².